The van der Waals surface area contributed by atoms with Gasteiger partial charge in [0.25, 0.3) is 17.4 Å². The van der Waals surface area contributed by atoms with Gasteiger partial charge in [-0.1, -0.05) is 66.9 Å². The maximum absolute atomic E-state index is 13.2. The number of nitro benzene ring substituents is 1. The van der Waals surface area contributed by atoms with E-state index < -0.39 is 28.4 Å². The lowest BCUT2D eigenvalue weighted by molar-refractivity contribution is -0.384. The first kappa shape index (κ1) is 28.5. The molecule has 1 fully saturated rings. The van der Waals surface area contributed by atoms with Crippen LogP contribution >= 0.6 is 15.9 Å². The van der Waals surface area contributed by atoms with Gasteiger partial charge >= 0.3 is 0 Å². The number of carbonyl (C=O) groups excluding carboxylic acids is 2. The van der Waals surface area contributed by atoms with E-state index in [-0.39, 0.29) is 16.8 Å². The lowest BCUT2D eigenvalue weighted by Gasteiger charge is -2.27. The summed E-state index contributed by atoms with van der Waals surface area (Å²) in [6.07, 6.45) is 5.11. The fraction of sp³-hybridized carbons (Fsp3) is 0.429. The van der Waals surface area contributed by atoms with Crippen LogP contribution in [0.1, 0.15) is 63.1 Å². The number of amides is 1. The van der Waals surface area contributed by atoms with E-state index in [0.717, 1.165) is 49.8 Å². The minimum Gasteiger partial charge on any atom is -0.507 e. The largest absolute Gasteiger partial charge is 0.507 e. The maximum Gasteiger partial charge on any atom is 0.295 e. The Labute approximate surface area is 226 Å². The predicted octanol–water partition coefficient (Wildman–Crippen LogP) is 6.07. The molecule has 8 nitrogen and oxygen atoms in total. The molecule has 1 aliphatic rings. The smallest absolute Gasteiger partial charge is 0.295 e. The summed E-state index contributed by atoms with van der Waals surface area (Å²) in [6, 6.07) is 11.9. The van der Waals surface area contributed by atoms with E-state index in [1.165, 1.54) is 29.2 Å². The molecular formula is C28H34BrN3O5. The van der Waals surface area contributed by atoms with E-state index in [0.29, 0.717) is 18.5 Å². The van der Waals surface area contributed by atoms with E-state index in [2.05, 4.69) is 34.7 Å². The molecule has 0 aromatic heterocycles. The lowest BCUT2D eigenvalue weighted by Crippen LogP contribution is -2.34. The van der Waals surface area contributed by atoms with Gasteiger partial charge in [-0.05, 0) is 56.6 Å². The van der Waals surface area contributed by atoms with Crippen molar-refractivity contribution in [3.05, 3.63) is 79.8 Å². The SMILES string of the molecule is CCCCN(CCCC)CCCN1C(=O)C(=O)C(=C(O)c2cccc([N+](=O)[O-])c2)[C@@H]1c1cccc(Br)c1. The number of benzene rings is 2. The highest BCUT2D eigenvalue weighted by Crippen LogP contribution is 2.40. The number of aliphatic hydroxyl groups is 1. The molecule has 1 atom stereocenters. The first-order chi connectivity index (χ1) is 17.8. The van der Waals surface area contributed by atoms with Crippen LogP contribution in [0.2, 0.25) is 0 Å². The average molecular weight is 573 g/mol. The summed E-state index contributed by atoms with van der Waals surface area (Å²) < 4.78 is 0.774. The first-order valence-corrected chi connectivity index (χ1v) is 13.6. The molecule has 0 saturated carbocycles. The Morgan fingerprint density at radius 2 is 1.68 bits per heavy atom. The van der Waals surface area contributed by atoms with Gasteiger partial charge in [-0.15, -0.1) is 0 Å². The molecule has 1 heterocycles. The number of rotatable bonds is 13. The lowest BCUT2D eigenvalue weighted by atomic mass is 9.95. The van der Waals surface area contributed by atoms with Crippen LogP contribution in [-0.4, -0.2) is 57.7 Å². The summed E-state index contributed by atoms with van der Waals surface area (Å²) >= 11 is 3.46. The molecule has 9 heteroatoms. The first-order valence-electron chi connectivity index (χ1n) is 12.8. The van der Waals surface area contributed by atoms with Crippen molar-refractivity contribution < 1.29 is 19.6 Å². The Balaban J connectivity index is 1.96. The van der Waals surface area contributed by atoms with Crippen LogP contribution in [0.15, 0.2) is 58.6 Å². The molecular weight excluding hydrogens is 538 g/mol. The van der Waals surface area contributed by atoms with Crippen molar-refractivity contribution in [1.82, 2.24) is 9.80 Å². The van der Waals surface area contributed by atoms with Crippen molar-refractivity contribution in [3.8, 4) is 0 Å². The minimum atomic E-state index is -0.795. The number of nitrogens with zero attached hydrogens (tertiary/aromatic N) is 3. The molecule has 0 spiro atoms. The zero-order chi connectivity index (χ0) is 26.9. The Kier molecular flexibility index (Phi) is 10.4. The van der Waals surface area contributed by atoms with Gasteiger partial charge in [-0.2, -0.15) is 0 Å². The molecule has 0 bridgehead atoms. The fourth-order valence-corrected chi connectivity index (χ4v) is 5.04. The van der Waals surface area contributed by atoms with Crippen molar-refractivity contribution in [2.75, 3.05) is 26.2 Å². The second-order valence-electron chi connectivity index (χ2n) is 9.26. The Bertz CT molecular complexity index is 1160. The molecule has 1 N–H and O–H groups in total. The van der Waals surface area contributed by atoms with Crippen LogP contribution in [0.5, 0.6) is 0 Å². The van der Waals surface area contributed by atoms with Gasteiger partial charge in [0.15, 0.2) is 0 Å². The molecule has 2 aromatic carbocycles. The van der Waals surface area contributed by atoms with E-state index >= 15 is 0 Å². The van der Waals surface area contributed by atoms with Crippen molar-refractivity contribution >= 4 is 39.1 Å². The zero-order valence-electron chi connectivity index (χ0n) is 21.4. The van der Waals surface area contributed by atoms with Gasteiger partial charge in [0.2, 0.25) is 0 Å². The van der Waals surface area contributed by atoms with Gasteiger partial charge in [0, 0.05) is 28.7 Å². The predicted molar refractivity (Wildman–Crippen MR) is 147 cm³/mol. The summed E-state index contributed by atoms with van der Waals surface area (Å²) in [6.45, 7) is 7.48. The van der Waals surface area contributed by atoms with E-state index in [9.17, 15) is 24.8 Å². The Hall–Kier alpha value is -3.04. The standard InChI is InChI=1S/C28H34BrN3O5/c1-3-5-14-30(15-6-4-2)16-9-17-31-25(20-10-7-12-22(29)18-20)24(27(34)28(31)35)26(33)21-11-8-13-23(19-21)32(36)37/h7-8,10-13,18-19,25,33H,3-6,9,14-17H2,1-2H3/t25-/m0/s1. The molecule has 0 radical (unpaired) electrons. The normalized spacial score (nSPS) is 17.1. The minimum absolute atomic E-state index is 0.0579. The number of nitro groups is 1. The summed E-state index contributed by atoms with van der Waals surface area (Å²) in [5.41, 5.74) is 0.529. The van der Waals surface area contributed by atoms with Crippen LogP contribution in [0.3, 0.4) is 0 Å². The van der Waals surface area contributed by atoms with Crippen molar-refractivity contribution in [3.63, 3.8) is 0 Å². The third kappa shape index (κ3) is 7.05. The number of likely N-dealkylation sites (tertiary alicyclic amines) is 1. The van der Waals surface area contributed by atoms with Gasteiger partial charge in [0.1, 0.15) is 5.76 Å². The maximum atomic E-state index is 13.2. The number of carbonyl (C=O) groups is 2. The topological polar surface area (TPSA) is 104 Å². The van der Waals surface area contributed by atoms with Crippen molar-refractivity contribution in [2.45, 2.75) is 52.0 Å². The summed E-state index contributed by atoms with van der Waals surface area (Å²) in [5.74, 6) is -1.88. The van der Waals surface area contributed by atoms with Gasteiger partial charge in [-0.25, -0.2) is 0 Å². The number of ketones is 1. The zero-order valence-corrected chi connectivity index (χ0v) is 22.9. The molecule has 1 amide bonds. The van der Waals surface area contributed by atoms with E-state index in [1.807, 2.05) is 24.3 Å². The summed E-state index contributed by atoms with van der Waals surface area (Å²) in [7, 11) is 0. The molecule has 1 saturated heterocycles. The summed E-state index contributed by atoms with van der Waals surface area (Å²) in [4.78, 5) is 41.1. The number of hydrogen-bond acceptors (Lipinski definition) is 6. The summed E-state index contributed by atoms with van der Waals surface area (Å²) in [5, 5.41) is 22.4. The molecule has 198 valence electrons. The van der Waals surface area contributed by atoms with Gasteiger partial charge in [-0.3, -0.25) is 19.7 Å². The third-order valence-corrected chi connectivity index (χ3v) is 7.06. The molecule has 3 rings (SSSR count). The van der Waals surface area contributed by atoms with Crippen LogP contribution in [-0.2, 0) is 9.59 Å². The second-order valence-corrected chi connectivity index (χ2v) is 10.2. The van der Waals surface area contributed by atoms with Gasteiger partial charge in [0.05, 0.1) is 16.5 Å². The van der Waals surface area contributed by atoms with Gasteiger partial charge < -0.3 is 14.9 Å². The quantitative estimate of drug-likeness (QED) is 0.103. The number of non-ortho nitro benzene ring substituents is 1. The highest BCUT2D eigenvalue weighted by Gasteiger charge is 2.46. The van der Waals surface area contributed by atoms with Crippen LogP contribution in [0.4, 0.5) is 5.69 Å². The Morgan fingerprint density at radius 3 is 2.30 bits per heavy atom. The van der Waals surface area contributed by atoms with Crippen molar-refractivity contribution in [1.29, 1.82) is 0 Å². The van der Waals surface area contributed by atoms with Crippen molar-refractivity contribution in [2.24, 2.45) is 0 Å². The second kappa shape index (κ2) is 13.5. The number of Topliss-reactive ketones (excluding diaryl/α,β-unsaturated/α-hetero) is 1. The number of hydrogen-bond donors (Lipinski definition) is 1. The third-order valence-electron chi connectivity index (χ3n) is 6.56. The van der Waals surface area contributed by atoms with E-state index in [4.69, 9.17) is 0 Å². The Morgan fingerprint density at radius 1 is 1.03 bits per heavy atom. The number of aliphatic hydroxyl groups excluding tert-OH is 1. The van der Waals surface area contributed by atoms with E-state index in [1.54, 1.807) is 0 Å². The molecule has 1 aliphatic heterocycles. The van der Waals surface area contributed by atoms with Crippen LogP contribution in [0, 0.1) is 10.1 Å². The average Bonchev–Trinajstić information content (AvgIpc) is 3.14. The molecule has 37 heavy (non-hydrogen) atoms. The number of halogens is 1. The number of unbranched alkanes of at least 4 members (excludes halogenated alkanes) is 2. The monoisotopic (exact) mass is 571 g/mol. The highest BCUT2D eigenvalue weighted by molar-refractivity contribution is 9.10. The fourth-order valence-electron chi connectivity index (χ4n) is 4.62. The highest BCUT2D eigenvalue weighted by atomic mass is 79.9. The molecule has 0 unspecified atom stereocenters. The van der Waals surface area contributed by atoms with Crippen LogP contribution < -0.4 is 0 Å². The van der Waals surface area contributed by atoms with Crippen LogP contribution in [0.25, 0.3) is 5.76 Å². The molecule has 2 aromatic rings. The molecule has 0 aliphatic carbocycles.